The van der Waals surface area contributed by atoms with Gasteiger partial charge in [0.05, 0.1) is 6.10 Å². The second-order valence-electron chi connectivity index (χ2n) is 4.99. The van der Waals surface area contributed by atoms with Gasteiger partial charge in [0, 0.05) is 37.3 Å². The largest absolute Gasteiger partial charge is 0.380 e. The van der Waals surface area contributed by atoms with E-state index < -0.39 is 0 Å². The Labute approximate surface area is 118 Å². The number of methoxy groups -OCH3 is 1. The second-order valence-corrected chi connectivity index (χ2v) is 5.84. The Hall–Kier alpha value is -0.420. The summed E-state index contributed by atoms with van der Waals surface area (Å²) < 4.78 is 6.56. The average molecular weight is 313 g/mol. The minimum Gasteiger partial charge on any atom is -0.380 e. The first kappa shape index (κ1) is 14.0. The molecule has 1 aromatic rings. The van der Waals surface area contributed by atoms with Gasteiger partial charge in [-0.2, -0.15) is 0 Å². The molecular weight excluding hydrogens is 292 g/mol. The lowest BCUT2D eigenvalue weighted by Gasteiger charge is -2.21. The number of rotatable bonds is 5. The van der Waals surface area contributed by atoms with Crippen LogP contribution in [0.15, 0.2) is 28.7 Å². The maximum atomic E-state index is 5.37. The molecule has 1 aromatic carbocycles. The Morgan fingerprint density at radius 1 is 1.44 bits per heavy atom. The van der Waals surface area contributed by atoms with Crippen LogP contribution in [0.25, 0.3) is 0 Å². The van der Waals surface area contributed by atoms with E-state index in [9.17, 15) is 0 Å². The molecule has 0 aromatic heterocycles. The van der Waals surface area contributed by atoms with Crippen molar-refractivity contribution >= 4 is 15.9 Å². The molecule has 1 aliphatic heterocycles. The molecule has 18 heavy (non-hydrogen) atoms. The molecular formula is C14H21BrN2O. The van der Waals surface area contributed by atoms with Gasteiger partial charge in [-0.05, 0) is 25.1 Å². The lowest BCUT2D eigenvalue weighted by atomic mass is 10.1. The van der Waals surface area contributed by atoms with Crippen molar-refractivity contribution in [2.24, 2.45) is 0 Å². The van der Waals surface area contributed by atoms with Crippen LogP contribution in [-0.2, 0) is 11.3 Å². The molecule has 0 radical (unpaired) electrons. The van der Waals surface area contributed by atoms with Crippen LogP contribution in [0.1, 0.15) is 12.0 Å². The zero-order valence-corrected chi connectivity index (χ0v) is 12.6. The fourth-order valence-electron chi connectivity index (χ4n) is 2.46. The zero-order valence-electron chi connectivity index (χ0n) is 11.0. The molecule has 1 fully saturated rings. The maximum Gasteiger partial charge on any atom is 0.0711 e. The zero-order chi connectivity index (χ0) is 13.0. The Balaban J connectivity index is 1.82. The Bertz CT molecular complexity index is 386. The fraction of sp³-hybridized carbons (Fsp3) is 0.571. The highest BCUT2D eigenvalue weighted by Crippen LogP contribution is 2.18. The highest BCUT2D eigenvalue weighted by molar-refractivity contribution is 9.10. The van der Waals surface area contributed by atoms with Gasteiger partial charge >= 0.3 is 0 Å². The topological polar surface area (TPSA) is 24.5 Å². The third-order valence-corrected chi connectivity index (χ3v) is 4.22. The van der Waals surface area contributed by atoms with E-state index in [0.717, 1.165) is 26.1 Å². The molecule has 1 saturated heterocycles. The van der Waals surface area contributed by atoms with Gasteiger partial charge in [-0.3, -0.25) is 0 Å². The standard InChI is InChI=1S/C14H21BrN2O/c1-17(9-11-5-3-4-6-14(11)15)10-12-7-13(18-2)8-16-12/h3-6,12-13,16H,7-10H2,1-2H3. The summed E-state index contributed by atoms with van der Waals surface area (Å²) in [6.07, 6.45) is 1.49. The van der Waals surface area contributed by atoms with E-state index in [1.807, 2.05) is 0 Å². The van der Waals surface area contributed by atoms with Crippen molar-refractivity contribution in [1.82, 2.24) is 10.2 Å². The molecule has 2 rings (SSSR count). The van der Waals surface area contributed by atoms with Crippen LogP contribution in [0.3, 0.4) is 0 Å². The fourth-order valence-corrected chi connectivity index (χ4v) is 2.87. The predicted molar refractivity (Wildman–Crippen MR) is 77.7 cm³/mol. The highest BCUT2D eigenvalue weighted by atomic mass is 79.9. The summed E-state index contributed by atoms with van der Waals surface area (Å²) in [6.45, 7) is 3.00. The highest BCUT2D eigenvalue weighted by Gasteiger charge is 2.24. The third-order valence-electron chi connectivity index (χ3n) is 3.45. The minimum absolute atomic E-state index is 0.381. The number of nitrogens with one attached hydrogen (secondary N) is 1. The molecule has 2 unspecified atom stereocenters. The predicted octanol–water partition coefficient (Wildman–Crippen LogP) is 2.26. The molecule has 0 aliphatic carbocycles. The van der Waals surface area contributed by atoms with Crippen molar-refractivity contribution < 1.29 is 4.74 Å². The van der Waals surface area contributed by atoms with Crippen LogP contribution >= 0.6 is 15.9 Å². The summed E-state index contributed by atoms with van der Waals surface area (Å²) in [4.78, 5) is 2.36. The van der Waals surface area contributed by atoms with E-state index in [1.54, 1.807) is 7.11 Å². The van der Waals surface area contributed by atoms with Crippen molar-refractivity contribution in [1.29, 1.82) is 0 Å². The summed E-state index contributed by atoms with van der Waals surface area (Å²) >= 11 is 3.60. The Morgan fingerprint density at radius 3 is 2.89 bits per heavy atom. The molecule has 1 N–H and O–H groups in total. The van der Waals surface area contributed by atoms with Crippen LogP contribution in [0.4, 0.5) is 0 Å². The van der Waals surface area contributed by atoms with E-state index in [2.05, 4.69) is 57.5 Å². The van der Waals surface area contributed by atoms with Gasteiger partial charge in [-0.25, -0.2) is 0 Å². The van der Waals surface area contributed by atoms with Gasteiger partial charge in [0.2, 0.25) is 0 Å². The molecule has 0 spiro atoms. The summed E-state index contributed by atoms with van der Waals surface area (Å²) in [7, 11) is 3.96. The van der Waals surface area contributed by atoms with Crippen LogP contribution in [0.2, 0.25) is 0 Å². The molecule has 1 aliphatic rings. The van der Waals surface area contributed by atoms with E-state index in [1.165, 1.54) is 10.0 Å². The molecule has 4 heteroatoms. The molecule has 0 amide bonds. The average Bonchev–Trinajstić information content (AvgIpc) is 2.80. The van der Waals surface area contributed by atoms with E-state index in [-0.39, 0.29) is 0 Å². The number of likely N-dealkylation sites (N-methyl/N-ethyl adjacent to an activating group) is 1. The van der Waals surface area contributed by atoms with Crippen LogP contribution < -0.4 is 5.32 Å². The van der Waals surface area contributed by atoms with Crippen LogP contribution in [0, 0.1) is 0 Å². The smallest absolute Gasteiger partial charge is 0.0711 e. The summed E-state index contributed by atoms with van der Waals surface area (Å²) in [5, 5.41) is 3.51. The van der Waals surface area contributed by atoms with Gasteiger partial charge in [0.25, 0.3) is 0 Å². The van der Waals surface area contributed by atoms with Crippen LogP contribution in [-0.4, -0.2) is 44.3 Å². The molecule has 100 valence electrons. The summed E-state index contributed by atoms with van der Waals surface area (Å²) in [5.41, 5.74) is 1.33. The first-order chi connectivity index (χ1) is 8.69. The minimum atomic E-state index is 0.381. The van der Waals surface area contributed by atoms with Gasteiger partial charge in [0.1, 0.15) is 0 Å². The Morgan fingerprint density at radius 2 is 2.22 bits per heavy atom. The molecule has 2 atom stereocenters. The van der Waals surface area contributed by atoms with Crippen molar-refractivity contribution in [2.75, 3.05) is 27.2 Å². The number of nitrogens with zero attached hydrogens (tertiary/aromatic N) is 1. The van der Waals surface area contributed by atoms with Crippen molar-refractivity contribution in [3.63, 3.8) is 0 Å². The van der Waals surface area contributed by atoms with E-state index >= 15 is 0 Å². The Kier molecular flexibility index (Phi) is 5.18. The van der Waals surface area contributed by atoms with Crippen molar-refractivity contribution in [3.05, 3.63) is 34.3 Å². The summed E-state index contributed by atoms with van der Waals surface area (Å²) in [6, 6.07) is 8.94. The number of halogens is 1. The maximum absolute atomic E-state index is 5.37. The monoisotopic (exact) mass is 312 g/mol. The van der Waals surface area contributed by atoms with Crippen molar-refractivity contribution in [3.8, 4) is 0 Å². The van der Waals surface area contributed by atoms with Crippen molar-refractivity contribution in [2.45, 2.75) is 25.1 Å². The lowest BCUT2D eigenvalue weighted by Crippen LogP contribution is -2.34. The number of benzene rings is 1. The molecule has 3 nitrogen and oxygen atoms in total. The summed E-state index contributed by atoms with van der Waals surface area (Å²) in [5.74, 6) is 0. The molecule has 0 saturated carbocycles. The van der Waals surface area contributed by atoms with Gasteiger partial charge in [-0.15, -0.1) is 0 Å². The number of ether oxygens (including phenoxy) is 1. The SMILES string of the molecule is COC1CNC(CN(C)Cc2ccccc2Br)C1. The second kappa shape index (κ2) is 6.66. The first-order valence-electron chi connectivity index (χ1n) is 6.37. The quantitative estimate of drug-likeness (QED) is 0.902. The number of hydrogen-bond acceptors (Lipinski definition) is 3. The first-order valence-corrected chi connectivity index (χ1v) is 7.16. The van der Waals surface area contributed by atoms with E-state index in [4.69, 9.17) is 4.74 Å². The van der Waals surface area contributed by atoms with Gasteiger partial charge in [0.15, 0.2) is 0 Å². The molecule has 0 bridgehead atoms. The third kappa shape index (κ3) is 3.79. The van der Waals surface area contributed by atoms with E-state index in [0.29, 0.717) is 12.1 Å². The lowest BCUT2D eigenvalue weighted by molar-refractivity contribution is 0.116. The van der Waals surface area contributed by atoms with Crippen LogP contribution in [0.5, 0.6) is 0 Å². The van der Waals surface area contributed by atoms with Gasteiger partial charge in [-0.1, -0.05) is 34.1 Å². The number of hydrogen-bond donors (Lipinski definition) is 1. The normalized spacial score (nSPS) is 23.8. The van der Waals surface area contributed by atoms with Gasteiger partial charge < -0.3 is 15.0 Å². The molecule has 1 heterocycles.